The lowest BCUT2D eigenvalue weighted by molar-refractivity contribution is -0.143. The molecule has 0 aliphatic heterocycles. The summed E-state index contributed by atoms with van der Waals surface area (Å²) in [6.45, 7) is 2.13. The minimum absolute atomic E-state index is 0.0446. The van der Waals surface area contributed by atoms with Gasteiger partial charge in [0.1, 0.15) is 11.6 Å². The van der Waals surface area contributed by atoms with Crippen molar-refractivity contribution >= 4 is 28.2 Å². The highest BCUT2D eigenvalue weighted by Crippen LogP contribution is 2.35. The third kappa shape index (κ3) is 5.28. The van der Waals surface area contributed by atoms with E-state index in [1.165, 1.54) is 29.1 Å². The lowest BCUT2D eigenvalue weighted by Gasteiger charge is -2.10. The van der Waals surface area contributed by atoms with E-state index in [0.717, 1.165) is 21.9 Å². The molecule has 0 saturated carbocycles. The van der Waals surface area contributed by atoms with E-state index in [0.29, 0.717) is 37.2 Å². The van der Waals surface area contributed by atoms with Crippen molar-refractivity contribution in [2.24, 2.45) is 7.05 Å². The molecule has 7 nitrogen and oxygen atoms in total. The molecule has 0 saturated heterocycles. The maximum absolute atomic E-state index is 14.8. The molecule has 0 aliphatic carbocycles. The number of rotatable bonds is 9. The van der Waals surface area contributed by atoms with Gasteiger partial charge in [-0.05, 0) is 49.7 Å². The number of carbonyl (C=O) groups is 1. The van der Waals surface area contributed by atoms with E-state index in [1.54, 1.807) is 25.3 Å². The minimum atomic E-state index is -0.887. The highest BCUT2D eigenvalue weighted by atomic mass is 32.1. The van der Waals surface area contributed by atoms with Gasteiger partial charge < -0.3 is 14.5 Å². The third-order valence-corrected chi connectivity index (χ3v) is 6.98. The Kier molecular flexibility index (Phi) is 7.19. The SMILES string of the molecule is CCOC(=O)CCc1ccc(Cc2nc(-c3cc(Oc4c(F)cc5[nH]ccc5c4F)ccc3F)n(C)n2)s1. The smallest absolute Gasteiger partial charge is 0.306 e. The van der Waals surface area contributed by atoms with Crippen molar-refractivity contribution in [1.29, 1.82) is 0 Å². The number of benzene rings is 2. The van der Waals surface area contributed by atoms with Crippen molar-refractivity contribution in [2.45, 2.75) is 26.2 Å². The summed E-state index contributed by atoms with van der Waals surface area (Å²) < 4.78 is 56.1. The van der Waals surface area contributed by atoms with Gasteiger partial charge in [0.15, 0.2) is 29.0 Å². The molecule has 38 heavy (non-hydrogen) atoms. The second kappa shape index (κ2) is 10.7. The van der Waals surface area contributed by atoms with Gasteiger partial charge in [-0.15, -0.1) is 11.3 Å². The highest BCUT2D eigenvalue weighted by molar-refractivity contribution is 7.12. The number of nitrogens with one attached hydrogen (secondary N) is 1. The Balaban J connectivity index is 1.35. The van der Waals surface area contributed by atoms with Gasteiger partial charge in [-0.3, -0.25) is 4.79 Å². The van der Waals surface area contributed by atoms with Gasteiger partial charge in [0.2, 0.25) is 0 Å². The summed E-state index contributed by atoms with van der Waals surface area (Å²) >= 11 is 1.55. The fourth-order valence-corrected chi connectivity index (χ4v) is 5.09. The summed E-state index contributed by atoms with van der Waals surface area (Å²) in [5.41, 5.74) is 0.379. The first kappa shape index (κ1) is 25.5. The van der Waals surface area contributed by atoms with Gasteiger partial charge in [0.25, 0.3) is 0 Å². The summed E-state index contributed by atoms with van der Waals surface area (Å²) in [6.07, 6.45) is 2.81. The van der Waals surface area contributed by atoms with Crippen LogP contribution in [0.25, 0.3) is 22.3 Å². The average Bonchev–Trinajstić information content (AvgIpc) is 3.62. The number of ether oxygens (including phenoxy) is 2. The molecule has 0 atom stereocenters. The van der Waals surface area contributed by atoms with E-state index in [1.807, 2.05) is 12.1 Å². The Morgan fingerprint density at radius 1 is 1.08 bits per heavy atom. The molecular weight excluding hydrogens is 517 g/mol. The molecule has 0 amide bonds. The molecule has 11 heteroatoms. The molecule has 0 spiro atoms. The fraction of sp³-hybridized carbons (Fsp3) is 0.222. The number of H-pyrrole nitrogens is 1. The molecule has 5 rings (SSSR count). The van der Waals surface area contributed by atoms with E-state index in [2.05, 4.69) is 15.1 Å². The summed E-state index contributed by atoms with van der Waals surface area (Å²) in [6, 6.07) is 10.3. The van der Waals surface area contributed by atoms with Gasteiger partial charge in [0, 0.05) is 40.9 Å². The van der Waals surface area contributed by atoms with Crippen molar-refractivity contribution in [3.8, 4) is 22.9 Å². The number of hydrogen-bond donors (Lipinski definition) is 1. The number of aromatic nitrogens is 4. The van der Waals surface area contributed by atoms with Crippen LogP contribution in [0.4, 0.5) is 13.2 Å². The van der Waals surface area contributed by atoms with E-state index in [4.69, 9.17) is 9.47 Å². The van der Waals surface area contributed by atoms with Crippen molar-refractivity contribution < 1.29 is 27.4 Å². The van der Waals surface area contributed by atoms with Crippen LogP contribution in [0.2, 0.25) is 0 Å². The lowest BCUT2D eigenvalue weighted by Crippen LogP contribution is -2.04. The molecule has 5 aromatic rings. The Morgan fingerprint density at radius 3 is 2.71 bits per heavy atom. The van der Waals surface area contributed by atoms with Crippen molar-refractivity contribution in [3.05, 3.63) is 81.7 Å². The predicted octanol–water partition coefficient (Wildman–Crippen LogP) is 6.32. The summed E-state index contributed by atoms with van der Waals surface area (Å²) in [4.78, 5) is 20.9. The number of carbonyl (C=O) groups excluding carboxylic acids is 1. The van der Waals surface area contributed by atoms with Crippen LogP contribution in [0.1, 0.15) is 28.9 Å². The topological polar surface area (TPSA) is 82.0 Å². The van der Waals surface area contributed by atoms with Crippen LogP contribution in [0.15, 0.2) is 48.7 Å². The molecule has 196 valence electrons. The van der Waals surface area contributed by atoms with Crippen LogP contribution >= 0.6 is 11.3 Å². The predicted molar refractivity (Wildman–Crippen MR) is 137 cm³/mol. The van der Waals surface area contributed by atoms with Crippen LogP contribution in [0.3, 0.4) is 0 Å². The molecule has 3 heterocycles. The number of fused-ring (bicyclic) bond motifs is 1. The lowest BCUT2D eigenvalue weighted by atomic mass is 10.2. The van der Waals surface area contributed by atoms with E-state index >= 15 is 0 Å². The number of esters is 1. The zero-order valence-electron chi connectivity index (χ0n) is 20.6. The van der Waals surface area contributed by atoms with E-state index < -0.39 is 23.2 Å². The molecular formula is C27H23F3N4O3S. The first-order valence-electron chi connectivity index (χ1n) is 11.9. The summed E-state index contributed by atoms with van der Waals surface area (Å²) in [5, 5.41) is 4.59. The van der Waals surface area contributed by atoms with E-state index in [9.17, 15) is 18.0 Å². The van der Waals surface area contributed by atoms with Crippen LogP contribution in [-0.2, 0) is 29.4 Å². The van der Waals surface area contributed by atoms with Crippen LogP contribution in [-0.4, -0.2) is 32.3 Å². The Labute approximate surface area is 219 Å². The zero-order chi connectivity index (χ0) is 26.8. The number of halogens is 3. The summed E-state index contributed by atoms with van der Waals surface area (Å²) in [5.74, 6) is -2.38. The Bertz CT molecular complexity index is 1630. The highest BCUT2D eigenvalue weighted by Gasteiger charge is 2.20. The normalized spacial score (nSPS) is 11.3. The van der Waals surface area contributed by atoms with Gasteiger partial charge in [-0.25, -0.2) is 22.8 Å². The second-order valence-electron chi connectivity index (χ2n) is 8.51. The maximum Gasteiger partial charge on any atom is 0.306 e. The second-order valence-corrected chi connectivity index (χ2v) is 9.76. The number of aryl methyl sites for hydroxylation is 2. The monoisotopic (exact) mass is 540 g/mol. The number of thiophene rings is 1. The van der Waals surface area contributed by atoms with Crippen LogP contribution in [0.5, 0.6) is 11.5 Å². The van der Waals surface area contributed by atoms with Gasteiger partial charge in [-0.2, -0.15) is 5.10 Å². The van der Waals surface area contributed by atoms with Gasteiger partial charge >= 0.3 is 5.97 Å². The molecule has 2 aromatic carbocycles. The average molecular weight is 541 g/mol. The van der Waals surface area contributed by atoms with Crippen LogP contribution < -0.4 is 4.74 Å². The maximum atomic E-state index is 14.8. The minimum Gasteiger partial charge on any atom is -0.466 e. The molecule has 0 unspecified atom stereocenters. The molecule has 0 aliphatic rings. The standard InChI is InChI=1S/C27H23F3N4O3S/c1-3-36-24(35)9-7-16-5-6-17(38-16)13-23-32-27(34(2)33-23)19-12-15(4-8-20(19)28)37-26-21(29)14-22-18(25(26)30)10-11-31-22/h4-6,8,10-12,14,31H,3,7,9,13H2,1-2H3. The van der Waals surface area contributed by atoms with Crippen molar-refractivity contribution in [1.82, 2.24) is 19.7 Å². The summed E-state index contributed by atoms with van der Waals surface area (Å²) in [7, 11) is 1.64. The van der Waals surface area contributed by atoms with Crippen molar-refractivity contribution in [2.75, 3.05) is 6.61 Å². The van der Waals surface area contributed by atoms with Crippen molar-refractivity contribution in [3.63, 3.8) is 0 Å². The van der Waals surface area contributed by atoms with E-state index in [-0.39, 0.29) is 28.5 Å². The van der Waals surface area contributed by atoms with Gasteiger partial charge in [-0.1, -0.05) is 0 Å². The number of aromatic amines is 1. The molecule has 0 radical (unpaired) electrons. The Morgan fingerprint density at radius 2 is 1.89 bits per heavy atom. The zero-order valence-corrected chi connectivity index (χ0v) is 21.4. The van der Waals surface area contributed by atoms with Crippen LogP contribution in [0, 0.1) is 17.5 Å². The first-order chi connectivity index (χ1) is 18.3. The molecule has 0 bridgehead atoms. The Hall–Kier alpha value is -4.12. The molecule has 1 N–H and O–H groups in total. The molecule has 0 fully saturated rings. The van der Waals surface area contributed by atoms with Gasteiger partial charge in [0.05, 0.1) is 24.1 Å². The third-order valence-electron chi connectivity index (χ3n) is 5.84. The number of nitrogens with zero attached hydrogens (tertiary/aromatic N) is 3. The quantitative estimate of drug-likeness (QED) is 0.221. The fourth-order valence-electron chi connectivity index (χ4n) is 4.08. The first-order valence-corrected chi connectivity index (χ1v) is 12.7. The molecule has 3 aromatic heterocycles. The number of hydrogen-bond acceptors (Lipinski definition) is 6. The largest absolute Gasteiger partial charge is 0.466 e.